The van der Waals surface area contributed by atoms with E-state index in [4.69, 9.17) is 16.3 Å². The molecule has 0 radical (unpaired) electrons. The third-order valence-electron chi connectivity index (χ3n) is 2.00. The van der Waals surface area contributed by atoms with Gasteiger partial charge in [0.25, 0.3) is 0 Å². The molecular weight excluding hydrogens is 231 g/mol. The molecule has 0 atom stereocenters. The summed E-state index contributed by atoms with van der Waals surface area (Å²) >= 11 is 5.61. The Morgan fingerprint density at radius 2 is 2.19 bits per heavy atom. The second-order valence-corrected chi connectivity index (χ2v) is 4.20. The van der Waals surface area contributed by atoms with Gasteiger partial charge >= 0.3 is 0 Å². The number of hydrogen-bond acceptors (Lipinski definition) is 2. The van der Waals surface area contributed by atoms with Gasteiger partial charge in [0, 0.05) is 6.42 Å². The first-order valence-corrected chi connectivity index (χ1v) is 5.44. The zero-order valence-corrected chi connectivity index (χ0v) is 10.1. The zero-order chi connectivity index (χ0) is 12.1. The van der Waals surface area contributed by atoms with Gasteiger partial charge in [-0.2, -0.15) is 0 Å². The van der Waals surface area contributed by atoms with Crippen LogP contribution in [-0.4, -0.2) is 18.5 Å². The summed E-state index contributed by atoms with van der Waals surface area (Å²) in [7, 11) is 0. The molecule has 0 unspecified atom stereocenters. The van der Waals surface area contributed by atoms with Gasteiger partial charge in [-0.15, -0.1) is 0 Å². The van der Waals surface area contributed by atoms with Gasteiger partial charge in [0.1, 0.15) is 12.4 Å². The Morgan fingerprint density at radius 3 is 2.81 bits per heavy atom. The van der Waals surface area contributed by atoms with Crippen LogP contribution < -0.4 is 0 Å². The summed E-state index contributed by atoms with van der Waals surface area (Å²) in [5.41, 5.74) is 0.310. The highest BCUT2D eigenvalue weighted by Gasteiger charge is 2.11. The number of ketones is 1. The van der Waals surface area contributed by atoms with E-state index in [1.807, 2.05) is 13.8 Å². The molecule has 4 heteroatoms. The van der Waals surface area contributed by atoms with E-state index in [0.717, 1.165) is 0 Å². The first kappa shape index (κ1) is 13.1. The number of rotatable bonds is 5. The molecule has 0 spiro atoms. The number of ether oxygens (including phenoxy) is 1. The van der Waals surface area contributed by atoms with E-state index >= 15 is 0 Å². The van der Waals surface area contributed by atoms with Crippen molar-refractivity contribution >= 4 is 17.4 Å². The Hall–Kier alpha value is -0.930. The Morgan fingerprint density at radius 1 is 1.50 bits per heavy atom. The fourth-order valence-corrected chi connectivity index (χ4v) is 1.40. The monoisotopic (exact) mass is 244 g/mol. The molecule has 0 aromatic heterocycles. The molecule has 1 rings (SSSR count). The topological polar surface area (TPSA) is 26.3 Å². The van der Waals surface area contributed by atoms with Gasteiger partial charge in [-0.05, 0) is 25.5 Å². The molecule has 2 nitrogen and oxygen atoms in total. The molecule has 0 amide bonds. The molecular formula is C12H14ClFO2. The van der Waals surface area contributed by atoms with Gasteiger partial charge in [0.2, 0.25) is 0 Å². The zero-order valence-electron chi connectivity index (χ0n) is 9.30. The van der Waals surface area contributed by atoms with Gasteiger partial charge in [-0.1, -0.05) is 23.7 Å². The Balaban J connectivity index is 2.59. The van der Waals surface area contributed by atoms with Crippen molar-refractivity contribution in [3.8, 4) is 0 Å². The number of hydrogen-bond donors (Lipinski definition) is 0. The van der Waals surface area contributed by atoms with Crippen LogP contribution >= 0.6 is 11.6 Å². The third kappa shape index (κ3) is 3.91. The predicted molar refractivity (Wildman–Crippen MR) is 61.2 cm³/mol. The van der Waals surface area contributed by atoms with Crippen molar-refractivity contribution in [3.63, 3.8) is 0 Å². The van der Waals surface area contributed by atoms with Crippen LogP contribution in [-0.2, 0) is 16.0 Å². The average Bonchev–Trinajstić information content (AvgIpc) is 2.22. The number of benzene rings is 1. The summed E-state index contributed by atoms with van der Waals surface area (Å²) in [4.78, 5) is 11.4. The highest BCUT2D eigenvalue weighted by molar-refractivity contribution is 6.30. The van der Waals surface area contributed by atoms with Crippen molar-refractivity contribution in [2.45, 2.75) is 26.4 Å². The molecule has 0 saturated heterocycles. The highest BCUT2D eigenvalue weighted by atomic mass is 35.5. The number of carbonyl (C=O) groups excluding carboxylic acids is 1. The van der Waals surface area contributed by atoms with Crippen molar-refractivity contribution in [3.05, 3.63) is 34.6 Å². The van der Waals surface area contributed by atoms with Crippen LogP contribution in [0.15, 0.2) is 18.2 Å². The molecule has 1 aromatic rings. The minimum absolute atomic E-state index is 0.00359. The van der Waals surface area contributed by atoms with Crippen molar-refractivity contribution in [2.24, 2.45) is 0 Å². The lowest BCUT2D eigenvalue weighted by molar-refractivity contribution is -0.124. The summed E-state index contributed by atoms with van der Waals surface area (Å²) in [6.45, 7) is 3.68. The van der Waals surface area contributed by atoms with Crippen molar-refractivity contribution in [1.29, 1.82) is 0 Å². The molecule has 16 heavy (non-hydrogen) atoms. The number of halogens is 2. The van der Waals surface area contributed by atoms with Crippen LogP contribution in [0.4, 0.5) is 4.39 Å². The normalized spacial score (nSPS) is 10.8. The van der Waals surface area contributed by atoms with E-state index in [0.29, 0.717) is 5.56 Å². The smallest absolute Gasteiger partial charge is 0.162 e. The maximum absolute atomic E-state index is 13.4. The molecule has 0 bridgehead atoms. The molecule has 0 N–H and O–H groups in total. The summed E-state index contributed by atoms with van der Waals surface area (Å²) in [5, 5.41) is 0.0371. The first-order chi connectivity index (χ1) is 7.50. The van der Waals surface area contributed by atoms with Crippen LogP contribution in [0.3, 0.4) is 0 Å². The van der Waals surface area contributed by atoms with Crippen LogP contribution in [0, 0.1) is 5.82 Å². The van der Waals surface area contributed by atoms with Crippen LogP contribution in [0.2, 0.25) is 5.02 Å². The van der Waals surface area contributed by atoms with Gasteiger partial charge in [-0.25, -0.2) is 4.39 Å². The molecule has 0 heterocycles. The highest BCUT2D eigenvalue weighted by Crippen LogP contribution is 2.18. The van der Waals surface area contributed by atoms with E-state index in [1.165, 1.54) is 6.07 Å². The minimum atomic E-state index is -0.526. The van der Waals surface area contributed by atoms with Gasteiger partial charge in [0.15, 0.2) is 5.78 Å². The van der Waals surface area contributed by atoms with Crippen LogP contribution in [0.1, 0.15) is 19.4 Å². The van der Waals surface area contributed by atoms with E-state index in [9.17, 15) is 9.18 Å². The molecule has 88 valence electrons. The lowest BCUT2D eigenvalue weighted by Gasteiger charge is -2.07. The largest absolute Gasteiger partial charge is 0.371 e. The van der Waals surface area contributed by atoms with Crippen LogP contribution in [0.25, 0.3) is 0 Å². The lowest BCUT2D eigenvalue weighted by atomic mass is 10.1. The van der Waals surface area contributed by atoms with Gasteiger partial charge in [-0.3, -0.25) is 4.79 Å². The summed E-state index contributed by atoms with van der Waals surface area (Å²) < 4.78 is 18.6. The number of Topliss-reactive ketones (excluding diaryl/α,β-unsaturated/α-hetero) is 1. The maximum atomic E-state index is 13.4. The van der Waals surface area contributed by atoms with Gasteiger partial charge in [0.05, 0.1) is 11.1 Å². The predicted octanol–water partition coefficient (Wildman–Crippen LogP) is 3.02. The second kappa shape index (κ2) is 5.97. The first-order valence-electron chi connectivity index (χ1n) is 5.07. The lowest BCUT2D eigenvalue weighted by Crippen LogP contribution is -2.15. The van der Waals surface area contributed by atoms with Crippen molar-refractivity contribution in [1.82, 2.24) is 0 Å². The van der Waals surface area contributed by atoms with Crippen molar-refractivity contribution in [2.75, 3.05) is 6.61 Å². The summed E-state index contributed by atoms with van der Waals surface area (Å²) in [6.07, 6.45) is 0.00667. The maximum Gasteiger partial charge on any atom is 0.162 e. The molecule has 0 aliphatic heterocycles. The fraction of sp³-hybridized carbons (Fsp3) is 0.417. The summed E-state index contributed by atoms with van der Waals surface area (Å²) in [6, 6.07) is 4.63. The minimum Gasteiger partial charge on any atom is -0.371 e. The van der Waals surface area contributed by atoms with Gasteiger partial charge < -0.3 is 4.74 Å². The molecule has 0 fully saturated rings. The average molecular weight is 245 g/mol. The fourth-order valence-electron chi connectivity index (χ4n) is 1.21. The Bertz CT molecular complexity index is 377. The SMILES string of the molecule is CC(C)OCC(=O)Cc1cccc(Cl)c1F. The third-order valence-corrected chi connectivity index (χ3v) is 2.29. The van der Waals surface area contributed by atoms with E-state index in [2.05, 4.69) is 0 Å². The molecule has 0 aliphatic rings. The molecule has 0 saturated carbocycles. The van der Waals surface area contributed by atoms with E-state index in [1.54, 1.807) is 12.1 Å². The number of carbonyl (C=O) groups is 1. The quantitative estimate of drug-likeness (QED) is 0.796. The second-order valence-electron chi connectivity index (χ2n) is 3.79. The standard InChI is InChI=1S/C12H14ClFO2/c1-8(2)16-7-10(15)6-9-4-3-5-11(13)12(9)14/h3-5,8H,6-7H2,1-2H3. The van der Waals surface area contributed by atoms with E-state index in [-0.39, 0.29) is 29.9 Å². The Kier molecular flexibility index (Phi) is 4.90. The van der Waals surface area contributed by atoms with Crippen molar-refractivity contribution < 1.29 is 13.9 Å². The molecule has 0 aliphatic carbocycles. The molecule has 1 aromatic carbocycles. The van der Waals surface area contributed by atoms with E-state index < -0.39 is 5.82 Å². The summed E-state index contributed by atoms with van der Waals surface area (Å²) in [5.74, 6) is -0.683. The van der Waals surface area contributed by atoms with Crippen LogP contribution in [0.5, 0.6) is 0 Å². The Labute approximate surface area is 99.4 Å².